The van der Waals surface area contributed by atoms with Gasteiger partial charge < -0.3 is 19.9 Å². The normalized spacial score (nSPS) is 11.5. The molecule has 1 atom stereocenters. The largest absolute Gasteiger partial charge is 0.508 e. The van der Waals surface area contributed by atoms with Crippen LogP contribution in [0.4, 0.5) is 0 Å². The third-order valence-electron chi connectivity index (χ3n) is 4.20. The molecule has 5 heteroatoms. The Morgan fingerprint density at radius 3 is 2.21 bits per heavy atom. The van der Waals surface area contributed by atoms with Crippen LogP contribution in [0.25, 0.3) is 0 Å². The van der Waals surface area contributed by atoms with Gasteiger partial charge in [0.1, 0.15) is 23.0 Å². The Labute approximate surface area is 164 Å². The van der Waals surface area contributed by atoms with Crippen LogP contribution in [0, 0.1) is 6.92 Å². The molecular weight excluding hydrogens is 354 g/mol. The molecule has 0 fully saturated rings. The van der Waals surface area contributed by atoms with E-state index in [1.54, 1.807) is 42.5 Å². The van der Waals surface area contributed by atoms with Crippen LogP contribution < -0.4 is 14.8 Å². The number of aromatic hydroxyl groups is 1. The van der Waals surface area contributed by atoms with Crippen LogP contribution in [-0.2, 0) is 4.79 Å². The van der Waals surface area contributed by atoms with Gasteiger partial charge in [-0.2, -0.15) is 0 Å². The van der Waals surface area contributed by atoms with Crippen LogP contribution in [0.1, 0.15) is 24.1 Å². The number of carbonyl (C=O) groups is 1. The molecule has 0 saturated carbocycles. The van der Waals surface area contributed by atoms with Gasteiger partial charge in [0.15, 0.2) is 6.61 Å². The maximum absolute atomic E-state index is 12.1. The van der Waals surface area contributed by atoms with Gasteiger partial charge in [0, 0.05) is 0 Å². The average molecular weight is 377 g/mol. The molecule has 0 aliphatic heterocycles. The lowest BCUT2D eigenvalue weighted by Crippen LogP contribution is -2.31. The predicted octanol–water partition coefficient (Wildman–Crippen LogP) is 4.75. The number of phenolic OH excluding ortho intramolecular Hbond substituents is 1. The number of hydrogen-bond acceptors (Lipinski definition) is 4. The Hall–Kier alpha value is -3.47. The van der Waals surface area contributed by atoms with Crippen LogP contribution in [0.5, 0.6) is 23.0 Å². The minimum atomic E-state index is -0.240. The standard InChI is InChI=1S/C23H23NO4/c1-16-6-8-21(9-7-16)28-22-12-10-20(11-13-22)27-15-23(26)24-17(2)18-4-3-5-19(25)14-18/h3-14,17,25H,15H2,1-2H3,(H,24,26). The zero-order chi connectivity index (χ0) is 19.9. The molecule has 3 rings (SSSR count). The summed E-state index contributed by atoms with van der Waals surface area (Å²) < 4.78 is 11.3. The van der Waals surface area contributed by atoms with Crippen LogP contribution >= 0.6 is 0 Å². The monoisotopic (exact) mass is 377 g/mol. The molecule has 0 saturated heterocycles. The van der Waals surface area contributed by atoms with Gasteiger partial charge in [-0.05, 0) is 67.9 Å². The molecule has 0 spiro atoms. The van der Waals surface area contributed by atoms with Crippen LogP contribution in [-0.4, -0.2) is 17.6 Å². The van der Waals surface area contributed by atoms with Crippen molar-refractivity contribution in [2.45, 2.75) is 19.9 Å². The van der Waals surface area contributed by atoms with Crippen molar-refractivity contribution in [3.05, 3.63) is 83.9 Å². The van der Waals surface area contributed by atoms with E-state index < -0.39 is 0 Å². The number of nitrogens with one attached hydrogen (secondary N) is 1. The van der Waals surface area contributed by atoms with Gasteiger partial charge in [-0.1, -0.05) is 29.8 Å². The van der Waals surface area contributed by atoms with E-state index in [2.05, 4.69) is 5.32 Å². The number of hydrogen-bond donors (Lipinski definition) is 2. The average Bonchev–Trinajstić information content (AvgIpc) is 2.69. The van der Waals surface area contributed by atoms with E-state index in [1.807, 2.05) is 44.2 Å². The second-order valence-corrected chi connectivity index (χ2v) is 6.56. The number of aryl methyl sites for hydroxylation is 1. The molecular formula is C23H23NO4. The van der Waals surface area contributed by atoms with Crippen molar-refractivity contribution in [1.82, 2.24) is 5.32 Å². The van der Waals surface area contributed by atoms with Gasteiger partial charge in [0.25, 0.3) is 5.91 Å². The highest BCUT2D eigenvalue weighted by Crippen LogP contribution is 2.24. The third kappa shape index (κ3) is 5.51. The van der Waals surface area contributed by atoms with E-state index in [-0.39, 0.29) is 24.3 Å². The molecule has 2 N–H and O–H groups in total. The first kappa shape index (κ1) is 19.3. The Balaban J connectivity index is 1.48. The van der Waals surface area contributed by atoms with Crippen LogP contribution in [0.2, 0.25) is 0 Å². The number of ether oxygens (including phenoxy) is 2. The van der Waals surface area contributed by atoms with Gasteiger partial charge in [-0.15, -0.1) is 0 Å². The summed E-state index contributed by atoms with van der Waals surface area (Å²) in [5.74, 6) is 1.97. The molecule has 0 aromatic heterocycles. The minimum Gasteiger partial charge on any atom is -0.508 e. The molecule has 144 valence electrons. The first-order valence-electron chi connectivity index (χ1n) is 9.05. The van der Waals surface area contributed by atoms with Gasteiger partial charge in [0.05, 0.1) is 6.04 Å². The Morgan fingerprint density at radius 1 is 0.964 bits per heavy atom. The van der Waals surface area contributed by atoms with E-state index in [9.17, 15) is 9.90 Å². The SMILES string of the molecule is Cc1ccc(Oc2ccc(OCC(=O)NC(C)c3cccc(O)c3)cc2)cc1. The molecule has 1 unspecified atom stereocenters. The molecule has 0 radical (unpaired) electrons. The van der Waals surface area contributed by atoms with Crippen LogP contribution in [0.3, 0.4) is 0 Å². The zero-order valence-electron chi connectivity index (χ0n) is 15.9. The van der Waals surface area contributed by atoms with Gasteiger partial charge in [-0.3, -0.25) is 4.79 Å². The molecule has 0 aliphatic rings. The predicted molar refractivity (Wildman–Crippen MR) is 108 cm³/mol. The molecule has 0 aliphatic carbocycles. The summed E-state index contributed by atoms with van der Waals surface area (Å²) in [6.45, 7) is 3.78. The molecule has 5 nitrogen and oxygen atoms in total. The van der Waals surface area contributed by atoms with Crippen molar-refractivity contribution in [2.24, 2.45) is 0 Å². The van der Waals surface area contributed by atoms with E-state index in [4.69, 9.17) is 9.47 Å². The summed E-state index contributed by atoms with van der Waals surface area (Å²) in [4.78, 5) is 12.1. The van der Waals surface area contributed by atoms with E-state index >= 15 is 0 Å². The second kappa shape index (κ2) is 8.95. The quantitative estimate of drug-likeness (QED) is 0.624. The van der Waals surface area contributed by atoms with Crippen molar-refractivity contribution in [3.63, 3.8) is 0 Å². The molecule has 3 aromatic rings. The Bertz CT molecular complexity index is 920. The summed E-state index contributed by atoms with van der Waals surface area (Å²) in [6.07, 6.45) is 0. The fourth-order valence-corrected chi connectivity index (χ4v) is 2.66. The molecule has 28 heavy (non-hydrogen) atoms. The lowest BCUT2D eigenvalue weighted by atomic mass is 10.1. The summed E-state index contributed by atoms with van der Waals surface area (Å²) in [6, 6.07) is 21.5. The first-order chi connectivity index (χ1) is 13.5. The zero-order valence-corrected chi connectivity index (χ0v) is 15.9. The number of amides is 1. The van der Waals surface area contributed by atoms with E-state index in [0.29, 0.717) is 11.5 Å². The van der Waals surface area contributed by atoms with Crippen LogP contribution in [0.15, 0.2) is 72.8 Å². The summed E-state index contributed by atoms with van der Waals surface area (Å²) in [5, 5.41) is 12.4. The first-order valence-corrected chi connectivity index (χ1v) is 9.05. The molecule has 3 aromatic carbocycles. The Morgan fingerprint density at radius 2 is 1.57 bits per heavy atom. The maximum atomic E-state index is 12.1. The summed E-state index contributed by atoms with van der Waals surface area (Å²) in [7, 11) is 0. The Kier molecular flexibility index (Phi) is 6.17. The van der Waals surface area contributed by atoms with E-state index in [1.165, 1.54) is 5.56 Å². The highest BCUT2D eigenvalue weighted by Gasteiger charge is 2.10. The third-order valence-corrected chi connectivity index (χ3v) is 4.20. The smallest absolute Gasteiger partial charge is 0.258 e. The number of benzene rings is 3. The van der Waals surface area contributed by atoms with Crippen molar-refractivity contribution >= 4 is 5.91 Å². The van der Waals surface area contributed by atoms with Crippen molar-refractivity contribution in [3.8, 4) is 23.0 Å². The fraction of sp³-hybridized carbons (Fsp3) is 0.174. The van der Waals surface area contributed by atoms with Crippen molar-refractivity contribution in [2.75, 3.05) is 6.61 Å². The molecule has 1 amide bonds. The highest BCUT2D eigenvalue weighted by molar-refractivity contribution is 5.78. The number of carbonyl (C=O) groups excluding carboxylic acids is 1. The van der Waals surface area contributed by atoms with Crippen molar-refractivity contribution < 1.29 is 19.4 Å². The minimum absolute atomic E-state index is 0.0959. The van der Waals surface area contributed by atoms with E-state index in [0.717, 1.165) is 11.3 Å². The van der Waals surface area contributed by atoms with Gasteiger partial charge >= 0.3 is 0 Å². The maximum Gasteiger partial charge on any atom is 0.258 e. The van der Waals surface area contributed by atoms with Gasteiger partial charge in [-0.25, -0.2) is 0 Å². The summed E-state index contributed by atoms with van der Waals surface area (Å²) >= 11 is 0. The fourth-order valence-electron chi connectivity index (χ4n) is 2.66. The number of phenols is 1. The molecule has 0 bridgehead atoms. The van der Waals surface area contributed by atoms with Crippen molar-refractivity contribution in [1.29, 1.82) is 0 Å². The topological polar surface area (TPSA) is 67.8 Å². The molecule has 0 heterocycles. The number of rotatable bonds is 7. The lowest BCUT2D eigenvalue weighted by molar-refractivity contribution is -0.123. The lowest BCUT2D eigenvalue weighted by Gasteiger charge is -2.15. The second-order valence-electron chi connectivity index (χ2n) is 6.56. The summed E-state index contributed by atoms with van der Waals surface area (Å²) in [5.41, 5.74) is 2.00. The van der Waals surface area contributed by atoms with Gasteiger partial charge in [0.2, 0.25) is 0 Å². The highest BCUT2D eigenvalue weighted by atomic mass is 16.5.